The zero-order valence-corrected chi connectivity index (χ0v) is 11.9. The Balaban J connectivity index is 2.43. The molecule has 0 bridgehead atoms. The van der Waals surface area contributed by atoms with Gasteiger partial charge in [0.05, 0.1) is 0 Å². The van der Waals surface area contributed by atoms with Crippen molar-refractivity contribution >= 4 is 11.6 Å². The highest BCUT2D eigenvalue weighted by Gasteiger charge is 2.38. The van der Waals surface area contributed by atoms with Crippen molar-refractivity contribution in [3.8, 4) is 0 Å². The van der Waals surface area contributed by atoms with Crippen LogP contribution in [0.25, 0.3) is 0 Å². The molecule has 3 N–H and O–H groups in total. The average molecular weight is 261 g/mol. The van der Waals surface area contributed by atoms with Crippen LogP contribution in [0.5, 0.6) is 0 Å². The molecule has 2 rings (SSSR count). The lowest BCUT2D eigenvalue weighted by molar-refractivity contribution is -0.126. The number of anilines is 1. The number of hydrogen-bond donors (Lipinski definition) is 2. The molecule has 0 aliphatic carbocycles. The van der Waals surface area contributed by atoms with E-state index in [1.807, 2.05) is 26.0 Å². The van der Waals surface area contributed by atoms with Crippen molar-refractivity contribution < 1.29 is 4.79 Å². The van der Waals surface area contributed by atoms with Gasteiger partial charge in [-0.25, -0.2) is 0 Å². The van der Waals surface area contributed by atoms with Crippen LogP contribution < -0.4 is 16.0 Å². The zero-order valence-electron chi connectivity index (χ0n) is 11.9. The van der Waals surface area contributed by atoms with Crippen LogP contribution in [-0.2, 0) is 4.79 Å². The van der Waals surface area contributed by atoms with Gasteiger partial charge >= 0.3 is 0 Å². The third-order valence-electron chi connectivity index (χ3n) is 3.92. The van der Waals surface area contributed by atoms with Crippen LogP contribution in [0.3, 0.4) is 0 Å². The van der Waals surface area contributed by atoms with Gasteiger partial charge in [-0.2, -0.15) is 0 Å². The summed E-state index contributed by atoms with van der Waals surface area (Å²) in [6, 6.07) is 8.14. The Bertz CT molecular complexity index is 470. The second-order valence-corrected chi connectivity index (χ2v) is 5.54. The van der Waals surface area contributed by atoms with E-state index in [0.717, 1.165) is 24.2 Å². The van der Waals surface area contributed by atoms with Gasteiger partial charge in [-0.05, 0) is 31.9 Å². The molecular formula is C15H23N3O. The van der Waals surface area contributed by atoms with Gasteiger partial charge in [0.1, 0.15) is 5.54 Å². The summed E-state index contributed by atoms with van der Waals surface area (Å²) >= 11 is 0. The molecule has 1 aromatic rings. The van der Waals surface area contributed by atoms with E-state index in [1.54, 1.807) is 0 Å². The number of amides is 1. The monoisotopic (exact) mass is 261 g/mol. The largest absolute Gasteiger partial charge is 0.355 e. The van der Waals surface area contributed by atoms with Crippen molar-refractivity contribution in [2.24, 2.45) is 5.73 Å². The van der Waals surface area contributed by atoms with Crippen molar-refractivity contribution in [1.29, 1.82) is 0 Å². The van der Waals surface area contributed by atoms with Gasteiger partial charge in [0, 0.05) is 24.8 Å². The SMILES string of the molecule is CCC(N)c1ccccc1N1CCNC(=O)C1(C)C. The normalized spacial score (nSPS) is 20.0. The Morgan fingerprint density at radius 3 is 2.79 bits per heavy atom. The van der Waals surface area contributed by atoms with Crippen LogP contribution in [0.2, 0.25) is 0 Å². The first-order valence-electron chi connectivity index (χ1n) is 6.89. The second-order valence-electron chi connectivity index (χ2n) is 5.54. The summed E-state index contributed by atoms with van der Waals surface area (Å²) < 4.78 is 0. The molecule has 1 fully saturated rings. The number of carbonyl (C=O) groups excluding carboxylic acids is 1. The highest BCUT2D eigenvalue weighted by Crippen LogP contribution is 2.32. The van der Waals surface area contributed by atoms with Crippen molar-refractivity contribution in [3.63, 3.8) is 0 Å². The van der Waals surface area contributed by atoms with Crippen molar-refractivity contribution in [2.45, 2.75) is 38.8 Å². The fourth-order valence-electron chi connectivity index (χ4n) is 2.59. The third-order valence-corrected chi connectivity index (χ3v) is 3.92. The van der Waals surface area contributed by atoms with Crippen LogP contribution in [-0.4, -0.2) is 24.5 Å². The molecule has 4 nitrogen and oxygen atoms in total. The first-order chi connectivity index (χ1) is 8.98. The lowest BCUT2D eigenvalue weighted by Gasteiger charge is -2.44. The highest BCUT2D eigenvalue weighted by molar-refractivity contribution is 5.90. The van der Waals surface area contributed by atoms with Gasteiger partial charge in [-0.15, -0.1) is 0 Å². The summed E-state index contributed by atoms with van der Waals surface area (Å²) in [4.78, 5) is 14.2. The van der Waals surface area contributed by atoms with E-state index >= 15 is 0 Å². The van der Waals surface area contributed by atoms with E-state index in [9.17, 15) is 4.79 Å². The van der Waals surface area contributed by atoms with Crippen molar-refractivity contribution in [3.05, 3.63) is 29.8 Å². The molecule has 1 unspecified atom stereocenters. The first-order valence-corrected chi connectivity index (χ1v) is 6.89. The van der Waals surface area contributed by atoms with Gasteiger partial charge in [0.15, 0.2) is 0 Å². The van der Waals surface area contributed by atoms with Gasteiger partial charge in [0.25, 0.3) is 0 Å². The molecule has 1 aliphatic heterocycles. The summed E-state index contributed by atoms with van der Waals surface area (Å²) in [6.45, 7) is 7.48. The fraction of sp³-hybridized carbons (Fsp3) is 0.533. The minimum absolute atomic E-state index is 0.0111. The van der Waals surface area contributed by atoms with Crippen LogP contribution in [0.1, 0.15) is 38.8 Å². The Hall–Kier alpha value is -1.55. The molecule has 1 aliphatic rings. The average Bonchev–Trinajstić information content (AvgIpc) is 2.41. The maximum Gasteiger partial charge on any atom is 0.245 e. The number of benzene rings is 1. The number of rotatable bonds is 3. The van der Waals surface area contributed by atoms with Crippen LogP contribution in [0, 0.1) is 0 Å². The topological polar surface area (TPSA) is 58.4 Å². The molecule has 0 spiro atoms. The molecule has 0 radical (unpaired) electrons. The number of nitrogens with two attached hydrogens (primary N) is 1. The standard InChI is InChI=1S/C15H23N3O/c1-4-12(16)11-7-5-6-8-13(11)18-10-9-17-14(19)15(18,2)3/h5-8,12H,4,9-10,16H2,1-3H3,(H,17,19). The molecule has 1 atom stereocenters. The number of carbonyl (C=O) groups is 1. The predicted molar refractivity (Wildman–Crippen MR) is 78.1 cm³/mol. The van der Waals surface area contributed by atoms with E-state index in [1.165, 1.54) is 0 Å². The second kappa shape index (κ2) is 5.21. The molecule has 19 heavy (non-hydrogen) atoms. The van der Waals surface area contributed by atoms with Gasteiger partial charge in [-0.1, -0.05) is 25.1 Å². The maximum atomic E-state index is 12.1. The summed E-state index contributed by atoms with van der Waals surface area (Å²) in [5, 5.41) is 2.92. The van der Waals surface area contributed by atoms with E-state index < -0.39 is 5.54 Å². The minimum Gasteiger partial charge on any atom is -0.355 e. The number of nitrogens with zero attached hydrogens (tertiary/aromatic N) is 1. The molecule has 1 aromatic carbocycles. The highest BCUT2D eigenvalue weighted by atomic mass is 16.2. The van der Waals surface area contributed by atoms with Gasteiger partial charge in [0.2, 0.25) is 5.91 Å². The Kier molecular flexibility index (Phi) is 3.80. The Labute approximate surface area is 115 Å². The van der Waals surface area contributed by atoms with E-state index in [2.05, 4.69) is 29.3 Å². The number of hydrogen-bond acceptors (Lipinski definition) is 3. The predicted octanol–water partition coefficient (Wildman–Crippen LogP) is 1.81. The molecular weight excluding hydrogens is 238 g/mol. The van der Waals surface area contributed by atoms with Crippen LogP contribution in [0.4, 0.5) is 5.69 Å². The summed E-state index contributed by atoms with van der Waals surface area (Å²) in [7, 11) is 0. The van der Waals surface area contributed by atoms with E-state index in [-0.39, 0.29) is 11.9 Å². The van der Waals surface area contributed by atoms with Crippen LogP contribution >= 0.6 is 0 Å². The van der Waals surface area contributed by atoms with Gasteiger partial charge < -0.3 is 16.0 Å². The number of piperazine rings is 1. The Morgan fingerprint density at radius 2 is 2.11 bits per heavy atom. The lowest BCUT2D eigenvalue weighted by Crippen LogP contribution is -2.62. The molecule has 1 saturated heterocycles. The molecule has 1 amide bonds. The molecule has 0 saturated carbocycles. The Morgan fingerprint density at radius 1 is 1.42 bits per heavy atom. The summed E-state index contributed by atoms with van der Waals surface area (Å²) in [5.41, 5.74) is 7.86. The fourth-order valence-corrected chi connectivity index (χ4v) is 2.59. The maximum absolute atomic E-state index is 12.1. The first kappa shape index (κ1) is 13.9. The molecule has 1 heterocycles. The molecule has 104 valence electrons. The quantitative estimate of drug-likeness (QED) is 0.872. The summed E-state index contributed by atoms with van der Waals surface area (Å²) in [5.74, 6) is 0.0682. The van der Waals surface area contributed by atoms with Gasteiger partial charge in [-0.3, -0.25) is 4.79 Å². The number of para-hydroxylation sites is 1. The van der Waals surface area contributed by atoms with Crippen LogP contribution in [0.15, 0.2) is 24.3 Å². The number of nitrogens with one attached hydrogen (secondary N) is 1. The van der Waals surface area contributed by atoms with E-state index in [4.69, 9.17) is 5.73 Å². The van der Waals surface area contributed by atoms with Crippen molar-refractivity contribution in [2.75, 3.05) is 18.0 Å². The van der Waals surface area contributed by atoms with Crippen molar-refractivity contribution in [1.82, 2.24) is 5.32 Å². The lowest BCUT2D eigenvalue weighted by atomic mass is 9.94. The van der Waals surface area contributed by atoms with E-state index in [0.29, 0.717) is 6.54 Å². The minimum atomic E-state index is -0.540. The summed E-state index contributed by atoms with van der Waals surface area (Å²) in [6.07, 6.45) is 0.886. The smallest absolute Gasteiger partial charge is 0.245 e. The zero-order chi connectivity index (χ0) is 14.0. The molecule has 4 heteroatoms. The molecule has 0 aromatic heterocycles. The third kappa shape index (κ3) is 2.45.